The highest BCUT2D eigenvalue weighted by atomic mass is 16.5. The summed E-state index contributed by atoms with van der Waals surface area (Å²) in [4.78, 5) is 8.61. The molecule has 1 atom stereocenters. The highest BCUT2D eigenvalue weighted by Gasteiger charge is 2.04. The lowest BCUT2D eigenvalue weighted by Crippen LogP contribution is -2.13. The van der Waals surface area contributed by atoms with E-state index in [0.29, 0.717) is 24.4 Å². The maximum Gasteiger partial charge on any atom is 0.226 e. The lowest BCUT2D eigenvalue weighted by molar-refractivity contribution is 0.326. The average molecular weight is 223 g/mol. The molecule has 1 N–H and O–H groups in total. The van der Waals surface area contributed by atoms with Crippen molar-refractivity contribution in [2.24, 2.45) is 5.92 Å². The molecule has 0 aliphatic carbocycles. The summed E-state index contributed by atoms with van der Waals surface area (Å²) < 4.78 is 5.37. The Hall–Kier alpha value is -1.32. The van der Waals surface area contributed by atoms with Gasteiger partial charge in [-0.25, -0.2) is 4.98 Å². The topological polar surface area (TPSA) is 47.0 Å². The van der Waals surface area contributed by atoms with Crippen molar-refractivity contribution in [2.75, 3.05) is 18.5 Å². The lowest BCUT2D eigenvalue weighted by atomic mass is 10.1. The van der Waals surface area contributed by atoms with E-state index in [0.717, 1.165) is 18.7 Å². The Kier molecular flexibility index (Phi) is 5.02. The molecule has 0 saturated carbocycles. The first-order valence-corrected chi connectivity index (χ1v) is 5.88. The first-order valence-electron chi connectivity index (χ1n) is 5.88. The molecule has 16 heavy (non-hydrogen) atoms. The van der Waals surface area contributed by atoms with Crippen LogP contribution in [0.3, 0.4) is 0 Å². The van der Waals surface area contributed by atoms with Crippen LogP contribution in [-0.4, -0.2) is 23.1 Å². The minimum atomic E-state index is 0.625. The van der Waals surface area contributed by atoms with E-state index < -0.39 is 0 Å². The predicted octanol–water partition coefficient (Wildman–Crippen LogP) is 2.64. The number of hydrogen-bond acceptors (Lipinski definition) is 4. The van der Waals surface area contributed by atoms with E-state index in [1.165, 1.54) is 0 Å². The molecule has 0 aliphatic rings. The second kappa shape index (κ2) is 6.30. The highest BCUT2D eigenvalue weighted by molar-refractivity contribution is 5.30. The molecule has 4 heteroatoms. The van der Waals surface area contributed by atoms with Crippen molar-refractivity contribution >= 4 is 5.95 Å². The van der Waals surface area contributed by atoms with E-state index in [2.05, 4.69) is 29.1 Å². The van der Waals surface area contributed by atoms with Gasteiger partial charge in [0.15, 0.2) is 0 Å². The molecule has 4 nitrogen and oxygen atoms in total. The molecular formula is C12H21N3O. The standard InChI is InChI=1S/C12H21N3O/c1-5-9(3)8-13-12-14-10(4)7-11(15-12)16-6-2/h7,9H,5-6,8H2,1-4H3,(H,13,14,15). The molecule has 1 heterocycles. The van der Waals surface area contributed by atoms with Crippen LogP contribution in [0.2, 0.25) is 0 Å². The summed E-state index contributed by atoms with van der Waals surface area (Å²) in [5.74, 6) is 1.92. The van der Waals surface area contributed by atoms with Crippen LogP contribution in [0.15, 0.2) is 6.07 Å². The third kappa shape index (κ3) is 4.04. The Morgan fingerprint density at radius 1 is 1.38 bits per heavy atom. The zero-order chi connectivity index (χ0) is 12.0. The number of nitrogens with zero attached hydrogens (tertiary/aromatic N) is 2. The van der Waals surface area contributed by atoms with Gasteiger partial charge in [-0.2, -0.15) is 4.98 Å². The second-order valence-corrected chi connectivity index (χ2v) is 4.00. The minimum absolute atomic E-state index is 0.625. The van der Waals surface area contributed by atoms with Crippen molar-refractivity contribution in [3.05, 3.63) is 11.8 Å². The van der Waals surface area contributed by atoms with Gasteiger partial charge < -0.3 is 10.1 Å². The van der Waals surface area contributed by atoms with Gasteiger partial charge in [-0.3, -0.25) is 0 Å². The monoisotopic (exact) mass is 223 g/mol. The second-order valence-electron chi connectivity index (χ2n) is 4.00. The summed E-state index contributed by atoms with van der Waals surface area (Å²) in [7, 11) is 0. The number of aromatic nitrogens is 2. The SMILES string of the molecule is CCOc1cc(C)nc(NCC(C)CC)n1. The number of nitrogens with one attached hydrogen (secondary N) is 1. The van der Waals surface area contributed by atoms with Crippen molar-refractivity contribution in [1.82, 2.24) is 9.97 Å². The van der Waals surface area contributed by atoms with Crippen molar-refractivity contribution < 1.29 is 4.74 Å². The molecule has 0 aliphatic heterocycles. The van der Waals surface area contributed by atoms with E-state index in [4.69, 9.17) is 4.74 Å². The summed E-state index contributed by atoms with van der Waals surface area (Å²) in [6.07, 6.45) is 1.15. The van der Waals surface area contributed by atoms with E-state index in [1.54, 1.807) is 0 Å². The summed E-state index contributed by atoms with van der Waals surface area (Å²) >= 11 is 0. The van der Waals surface area contributed by atoms with Crippen LogP contribution >= 0.6 is 0 Å². The Bertz CT molecular complexity index is 328. The maximum atomic E-state index is 5.37. The highest BCUT2D eigenvalue weighted by Crippen LogP contribution is 2.12. The lowest BCUT2D eigenvalue weighted by Gasteiger charge is -2.11. The third-order valence-corrected chi connectivity index (χ3v) is 2.43. The normalized spacial score (nSPS) is 12.2. The van der Waals surface area contributed by atoms with Crippen LogP contribution in [-0.2, 0) is 0 Å². The fraction of sp³-hybridized carbons (Fsp3) is 0.667. The third-order valence-electron chi connectivity index (χ3n) is 2.43. The summed E-state index contributed by atoms with van der Waals surface area (Å²) in [5.41, 5.74) is 0.921. The number of ether oxygens (including phenoxy) is 1. The first-order chi connectivity index (χ1) is 7.65. The van der Waals surface area contributed by atoms with Gasteiger partial charge in [0.2, 0.25) is 11.8 Å². The van der Waals surface area contributed by atoms with Gasteiger partial charge in [0.1, 0.15) is 0 Å². The Morgan fingerprint density at radius 3 is 2.75 bits per heavy atom. The van der Waals surface area contributed by atoms with Crippen LogP contribution < -0.4 is 10.1 Å². The van der Waals surface area contributed by atoms with Crippen LogP contribution in [0, 0.1) is 12.8 Å². The van der Waals surface area contributed by atoms with Gasteiger partial charge in [0, 0.05) is 18.3 Å². The van der Waals surface area contributed by atoms with E-state index >= 15 is 0 Å². The zero-order valence-corrected chi connectivity index (χ0v) is 10.6. The summed E-state index contributed by atoms with van der Waals surface area (Å²) in [5, 5.41) is 3.23. The molecule has 0 fully saturated rings. The molecule has 0 saturated heterocycles. The van der Waals surface area contributed by atoms with E-state index in [1.807, 2.05) is 19.9 Å². The van der Waals surface area contributed by atoms with Gasteiger partial charge in [0.25, 0.3) is 0 Å². The smallest absolute Gasteiger partial charge is 0.226 e. The maximum absolute atomic E-state index is 5.37. The molecule has 0 amide bonds. The van der Waals surface area contributed by atoms with Crippen molar-refractivity contribution in [1.29, 1.82) is 0 Å². The molecule has 0 radical (unpaired) electrons. The molecule has 90 valence electrons. The molecule has 0 spiro atoms. The van der Waals surface area contributed by atoms with E-state index in [9.17, 15) is 0 Å². The predicted molar refractivity (Wildman–Crippen MR) is 65.9 cm³/mol. The van der Waals surface area contributed by atoms with Crippen molar-refractivity contribution in [3.8, 4) is 5.88 Å². The number of hydrogen-bond donors (Lipinski definition) is 1. The van der Waals surface area contributed by atoms with Crippen molar-refractivity contribution in [2.45, 2.75) is 34.1 Å². The quantitative estimate of drug-likeness (QED) is 0.805. The van der Waals surface area contributed by atoms with Crippen molar-refractivity contribution in [3.63, 3.8) is 0 Å². The summed E-state index contributed by atoms with van der Waals surface area (Å²) in [6, 6.07) is 1.85. The summed E-state index contributed by atoms with van der Waals surface area (Å²) in [6.45, 7) is 9.79. The van der Waals surface area contributed by atoms with Gasteiger partial charge in [-0.1, -0.05) is 20.3 Å². The molecule has 1 unspecified atom stereocenters. The minimum Gasteiger partial charge on any atom is -0.478 e. The molecule has 1 aromatic heterocycles. The Labute approximate surface area is 97.5 Å². The van der Waals surface area contributed by atoms with Crippen LogP contribution in [0.1, 0.15) is 32.9 Å². The van der Waals surface area contributed by atoms with Crippen LogP contribution in [0.5, 0.6) is 5.88 Å². The largest absolute Gasteiger partial charge is 0.478 e. The fourth-order valence-corrected chi connectivity index (χ4v) is 1.25. The number of anilines is 1. The zero-order valence-electron chi connectivity index (χ0n) is 10.6. The molecule has 0 bridgehead atoms. The number of rotatable bonds is 6. The average Bonchev–Trinajstić information content (AvgIpc) is 2.25. The molecular weight excluding hydrogens is 202 g/mol. The molecule has 1 aromatic rings. The van der Waals surface area contributed by atoms with Gasteiger partial charge in [-0.05, 0) is 19.8 Å². The van der Waals surface area contributed by atoms with E-state index in [-0.39, 0.29) is 0 Å². The Morgan fingerprint density at radius 2 is 2.12 bits per heavy atom. The molecule has 1 rings (SSSR count). The van der Waals surface area contributed by atoms with Crippen LogP contribution in [0.25, 0.3) is 0 Å². The van der Waals surface area contributed by atoms with Crippen LogP contribution in [0.4, 0.5) is 5.95 Å². The molecule has 0 aromatic carbocycles. The fourth-order valence-electron chi connectivity index (χ4n) is 1.25. The van der Waals surface area contributed by atoms with Gasteiger partial charge >= 0.3 is 0 Å². The van der Waals surface area contributed by atoms with Gasteiger partial charge in [0.05, 0.1) is 6.61 Å². The Balaban J connectivity index is 2.64. The van der Waals surface area contributed by atoms with Gasteiger partial charge in [-0.15, -0.1) is 0 Å². The first kappa shape index (κ1) is 12.7. The number of aryl methyl sites for hydroxylation is 1.